The number of amides is 1. The molecule has 0 spiro atoms. The van der Waals surface area contributed by atoms with Crippen molar-refractivity contribution in [1.82, 2.24) is 8.87 Å². The lowest BCUT2D eigenvalue weighted by atomic mass is 9.98. The minimum Gasteiger partial charge on any atom is -0.462 e. The van der Waals surface area contributed by atoms with E-state index in [-0.39, 0.29) is 17.8 Å². The number of aromatic nitrogens is 1. The number of carbonyl (C=O) groups excluding carboxylic acids is 2. The fourth-order valence-electron chi connectivity index (χ4n) is 3.87. The standard InChI is InChI=1S/C22H25N3O5S3/c1-3-25-17-8-7-16(21(27)30-4-2)14-18(17)32-22(25)23-20(26)15-9-11-24(12-10-15)33(28,29)19-6-5-13-31-19/h5-8,13-15H,3-4,9-12H2,1-2H3. The van der Waals surface area contributed by atoms with Crippen molar-refractivity contribution in [2.45, 2.75) is 37.4 Å². The number of thiophene rings is 1. The molecule has 0 N–H and O–H groups in total. The quantitative estimate of drug-likeness (QED) is 0.476. The molecule has 0 aliphatic carbocycles. The number of fused-ring (bicyclic) bond motifs is 1. The van der Waals surface area contributed by atoms with E-state index in [1.54, 1.807) is 36.6 Å². The third-order valence-corrected chi connectivity index (χ3v) is 9.92. The number of hydrogen-bond donors (Lipinski definition) is 0. The number of thiazole rings is 1. The average Bonchev–Trinajstić information content (AvgIpc) is 3.47. The van der Waals surface area contributed by atoms with E-state index in [2.05, 4.69) is 4.99 Å². The highest BCUT2D eigenvalue weighted by molar-refractivity contribution is 7.91. The van der Waals surface area contributed by atoms with Gasteiger partial charge in [-0.25, -0.2) is 13.2 Å². The lowest BCUT2D eigenvalue weighted by Crippen LogP contribution is -2.40. The molecule has 33 heavy (non-hydrogen) atoms. The fraction of sp³-hybridized carbons (Fsp3) is 0.409. The summed E-state index contributed by atoms with van der Waals surface area (Å²) in [6.45, 7) is 5.27. The monoisotopic (exact) mass is 507 g/mol. The summed E-state index contributed by atoms with van der Waals surface area (Å²) in [5.74, 6) is -0.928. The first kappa shape index (κ1) is 23.8. The maximum absolute atomic E-state index is 12.9. The molecule has 11 heteroatoms. The van der Waals surface area contributed by atoms with Crippen molar-refractivity contribution < 1.29 is 22.7 Å². The Labute approximate surface area is 200 Å². The van der Waals surface area contributed by atoms with Gasteiger partial charge in [0.2, 0.25) is 0 Å². The van der Waals surface area contributed by atoms with Gasteiger partial charge in [0, 0.05) is 25.6 Å². The number of ether oxygens (including phenoxy) is 1. The Balaban J connectivity index is 1.53. The van der Waals surface area contributed by atoms with Gasteiger partial charge in [-0.1, -0.05) is 17.4 Å². The van der Waals surface area contributed by atoms with Crippen molar-refractivity contribution in [3.05, 3.63) is 46.1 Å². The molecule has 3 aromatic rings. The molecule has 0 saturated carbocycles. The van der Waals surface area contributed by atoms with Gasteiger partial charge in [-0.2, -0.15) is 9.30 Å². The summed E-state index contributed by atoms with van der Waals surface area (Å²) in [4.78, 5) is 30.0. The SMILES string of the molecule is CCOC(=O)c1ccc2c(c1)sc(=NC(=O)C1CCN(S(=O)(=O)c3cccs3)CC1)n2CC. The Bertz CT molecular complexity index is 1330. The van der Waals surface area contributed by atoms with Gasteiger partial charge in [0.1, 0.15) is 4.21 Å². The van der Waals surface area contributed by atoms with E-state index >= 15 is 0 Å². The van der Waals surface area contributed by atoms with E-state index in [4.69, 9.17) is 4.74 Å². The van der Waals surface area contributed by atoms with Crippen molar-refractivity contribution in [3.8, 4) is 0 Å². The topological polar surface area (TPSA) is 98.0 Å². The van der Waals surface area contributed by atoms with Crippen LogP contribution in [-0.2, 0) is 26.1 Å². The zero-order valence-corrected chi connectivity index (χ0v) is 20.8. The zero-order chi connectivity index (χ0) is 23.6. The van der Waals surface area contributed by atoms with Crippen LogP contribution < -0.4 is 4.80 Å². The summed E-state index contributed by atoms with van der Waals surface area (Å²) < 4.78 is 35.1. The van der Waals surface area contributed by atoms with Crippen molar-refractivity contribution in [1.29, 1.82) is 0 Å². The fourth-order valence-corrected chi connectivity index (χ4v) is 7.62. The second kappa shape index (κ2) is 9.88. The normalized spacial score (nSPS) is 16.4. The Kier molecular flexibility index (Phi) is 7.13. The highest BCUT2D eigenvalue weighted by atomic mass is 32.2. The number of nitrogens with zero attached hydrogens (tertiary/aromatic N) is 3. The molecule has 176 valence electrons. The van der Waals surface area contributed by atoms with Gasteiger partial charge >= 0.3 is 5.97 Å². The minimum atomic E-state index is -3.50. The van der Waals surface area contributed by atoms with E-state index in [1.807, 2.05) is 17.6 Å². The van der Waals surface area contributed by atoms with E-state index in [1.165, 1.54) is 27.0 Å². The molecule has 4 rings (SSSR count). The molecule has 0 bridgehead atoms. The van der Waals surface area contributed by atoms with Crippen LogP contribution in [0.5, 0.6) is 0 Å². The molecule has 3 heterocycles. The first-order valence-electron chi connectivity index (χ1n) is 10.8. The van der Waals surface area contributed by atoms with Crippen LogP contribution in [0.25, 0.3) is 10.2 Å². The van der Waals surface area contributed by atoms with Crippen LogP contribution in [0, 0.1) is 5.92 Å². The predicted octanol–water partition coefficient (Wildman–Crippen LogP) is 3.49. The molecular weight excluding hydrogens is 482 g/mol. The van der Waals surface area contributed by atoms with Crippen molar-refractivity contribution in [2.24, 2.45) is 10.9 Å². The molecule has 1 aromatic carbocycles. The number of benzene rings is 1. The van der Waals surface area contributed by atoms with Crippen molar-refractivity contribution >= 4 is 54.8 Å². The van der Waals surface area contributed by atoms with Crippen LogP contribution >= 0.6 is 22.7 Å². The smallest absolute Gasteiger partial charge is 0.338 e. The molecule has 1 aliphatic rings. The second-order valence-corrected chi connectivity index (χ2v) is 11.7. The van der Waals surface area contributed by atoms with Gasteiger partial charge in [-0.15, -0.1) is 11.3 Å². The number of piperidine rings is 1. The highest BCUT2D eigenvalue weighted by Gasteiger charge is 2.32. The minimum absolute atomic E-state index is 0.234. The summed E-state index contributed by atoms with van der Waals surface area (Å²) in [7, 11) is -3.50. The van der Waals surface area contributed by atoms with E-state index < -0.39 is 10.0 Å². The lowest BCUT2D eigenvalue weighted by Gasteiger charge is -2.29. The first-order valence-corrected chi connectivity index (χ1v) is 13.9. The molecule has 1 amide bonds. The number of rotatable bonds is 6. The number of aryl methyl sites for hydroxylation is 1. The number of esters is 1. The van der Waals surface area contributed by atoms with E-state index in [0.29, 0.717) is 53.7 Å². The lowest BCUT2D eigenvalue weighted by molar-refractivity contribution is -0.122. The molecule has 1 fully saturated rings. The zero-order valence-electron chi connectivity index (χ0n) is 18.4. The second-order valence-electron chi connectivity index (χ2n) is 7.59. The Morgan fingerprint density at radius 3 is 2.58 bits per heavy atom. The van der Waals surface area contributed by atoms with Gasteiger partial charge < -0.3 is 9.30 Å². The van der Waals surface area contributed by atoms with Crippen LogP contribution in [-0.4, -0.2) is 48.9 Å². The molecule has 8 nitrogen and oxygen atoms in total. The number of sulfonamides is 1. The number of carbonyl (C=O) groups is 2. The highest BCUT2D eigenvalue weighted by Crippen LogP contribution is 2.27. The van der Waals surface area contributed by atoms with Gasteiger partial charge in [-0.3, -0.25) is 4.79 Å². The number of hydrogen-bond acceptors (Lipinski definition) is 7. The summed E-state index contributed by atoms with van der Waals surface area (Å²) in [5.41, 5.74) is 1.37. The third-order valence-electron chi connectivity index (χ3n) is 5.61. The molecule has 0 atom stereocenters. The molecule has 0 radical (unpaired) electrons. The summed E-state index contributed by atoms with van der Waals surface area (Å²) in [6.07, 6.45) is 0.883. The maximum Gasteiger partial charge on any atom is 0.338 e. The summed E-state index contributed by atoms with van der Waals surface area (Å²) >= 11 is 2.55. The van der Waals surface area contributed by atoms with Crippen LogP contribution in [0.15, 0.2) is 44.9 Å². The predicted molar refractivity (Wildman–Crippen MR) is 128 cm³/mol. The van der Waals surface area contributed by atoms with Crippen LogP contribution in [0.2, 0.25) is 0 Å². The molecule has 2 aromatic heterocycles. The van der Waals surface area contributed by atoms with Crippen LogP contribution in [0.4, 0.5) is 0 Å². The largest absolute Gasteiger partial charge is 0.462 e. The van der Waals surface area contributed by atoms with Crippen molar-refractivity contribution in [2.75, 3.05) is 19.7 Å². The van der Waals surface area contributed by atoms with Gasteiger partial charge in [0.25, 0.3) is 15.9 Å². The maximum atomic E-state index is 12.9. The molecule has 0 unspecified atom stereocenters. The average molecular weight is 508 g/mol. The van der Waals surface area contributed by atoms with Crippen LogP contribution in [0.1, 0.15) is 37.0 Å². The molecular formula is C22H25N3O5S3. The Morgan fingerprint density at radius 1 is 1.18 bits per heavy atom. The Morgan fingerprint density at radius 2 is 1.94 bits per heavy atom. The van der Waals surface area contributed by atoms with Gasteiger partial charge in [-0.05, 0) is 56.3 Å². The van der Waals surface area contributed by atoms with Crippen molar-refractivity contribution in [3.63, 3.8) is 0 Å². The van der Waals surface area contributed by atoms with Gasteiger partial charge in [0.15, 0.2) is 4.80 Å². The third kappa shape index (κ3) is 4.81. The van der Waals surface area contributed by atoms with Gasteiger partial charge in [0.05, 0.1) is 22.4 Å². The van der Waals surface area contributed by atoms with E-state index in [0.717, 1.165) is 10.2 Å². The van der Waals surface area contributed by atoms with Crippen LogP contribution in [0.3, 0.4) is 0 Å². The summed E-state index contributed by atoms with van der Waals surface area (Å²) in [6, 6.07) is 8.65. The van der Waals surface area contributed by atoms with E-state index in [9.17, 15) is 18.0 Å². The molecule has 1 aliphatic heterocycles. The first-order chi connectivity index (χ1) is 15.8. The summed E-state index contributed by atoms with van der Waals surface area (Å²) in [5, 5.41) is 1.74. The Hall–Kier alpha value is -2.34. The molecule has 1 saturated heterocycles.